The van der Waals surface area contributed by atoms with Gasteiger partial charge in [0.1, 0.15) is 6.61 Å². The lowest BCUT2D eigenvalue weighted by molar-refractivity contribution is -0.161. The van der Waals surface area contributed by atoms with E-state index in [0.29, 0.717) is 38.8 Å². The van der Waals surface area contributed by atoms with Crippen LogP contribution in [0, 0.1) is 5.41 Å². The second-order valence-corrected chi connectivity index (χ2v) is 17.6. The first-order valence-electron chi connectivity index (χ1n) is 20.2. The molecule has 1 amide bonds. The third-order valence-electron chi connectivity index (χ3n) is 8.29. The minimum absolute atomic E-state index is 0.0274. The van der Waals surface area contributed by atoms with E-state index in [0.717, 1.165) is 44.9 Å². The van der Waals surface area contributed by atoms with E-state index in [-0.39, 0.29) is 42.9 Å². The average molecular weight is 761 g/mol. The van der Waals surface area contributed by atoms with Crippen molar-refractivity contribution in [1.82, 2.24) is 10.6 Å². The Morgan fingerprint density at radius 2 is 1.25 bits per heavy atom. The molecule has 2 unspecified atom stereocenters. The van der Waals surface area contributed by atoms with Gasteiger partial charge in [0.05, 0.1) is 13.2 Å². The third-order valence-corrected chi connectivity index (χ3v) is 9.27. The van der Waals surface area contributed by atoms with Crippen molar-refractivity contribution >= 4 is 25.7 Å². The van der Waals surface area contributed by atoms with Crippen LogP contribution < -0.4 is 10.6 Å². The van der Waals surface area contributed by atoms with E-state index in [1.54, 1.807) is 0 Å². The Hall–Kier alpha value is -1.78. The zero-order chi connectivity index (χ0) is 39.1. The van der Waals surface area contributed by atoms with E-state index in [9.17, 15) is 23.8 Å². The topological polar surface area (TPSA) is 149 Å². The van der Waals surface area contributed by atoms with Gasteiger partial charge in [-0.25, -0.2) is 4.57 Å². The fourth-order valence-electron chi connectivity index (χ4n) is 5.14. The molecule has 0 aromatic rings. The van der Waals surface area contributed by atoms with Crippen LogP contribution in [0.2, 0.25) is 0 Å². The molecule has 0 radical (unpaired) electrons. The quantitative estimate of drug-likeness (QED) is 0.0256. The molecule has 0 aliphatic heterocycles. The maximum atomic E-state index is 12.6. The first-order chi connectivity index (χ1) is 24.5. The van der Waals surface area contributed by atoms with Crippen LogP contribution >= 0.6 is 7.82 Å². The third kappa shape index (κ3) is 36.6. The van der Waals surface area contributed by atoms with Crippen LogP contribution in [0.15, 0.2) is 12.2 Å². The zero-order valence-electron chi connectivity index (χ0n) is 34.1. The Morgan fingerprint density at radius 3 is 1.85 bits per heavy atom. The first kappa shape index (κ1) is 50.2. The fraction of sp³-hybridized carbons (Fsp3) is 0.875. The van der Waals surface area contributed by atoms with Gasteiger partial charge in [-0.1, -0.05) is 97.6 Å². The van der Waals surface area contributed by atoms with E-state index in [2.05, 4.69) is 50.5 Å². The van der Waals surface area contributed by atoms with Crippen molar-refractivity contribution in [3.63, 3.8) is 0 Å². The molecule has 52 heavy (non-hydrogen) atoms. The standard InChI is InChI=1S/C40H77N2O9P/c1-8-9-10-11-12-13-14-15-16-17-18-19-20-21-23-26-37(44)48-33-35(34-50-52(46,47)49-32-31-42-40(5,6)7)51-38(45)27-24-22-25-30-41-36(43)28-29-39(2,3)4/h15-16,35,42H,8-14,17-34H2,1-7H3,(H,41,43)(H,46,47)/b16-15+. The summed E-state index contributed by atoms with van der Waals surface area (Å²) in [4.78, 5) is 47.2. The number of unbranched alkanes of at least 4 members (excludes halogenated alkanes) is 13. The highest BCUT2D eigenvalue weighted by molar-refractivity contribution is 7.47. The smallest absolute Gasteiger partial charge is 0.462 e. The summed E-state index contributed by atoms with van der Waals surface area (Å²) in [5, 5.41) is 6.06. The highest BCUT2D eigenvalue weighted by Gasteiger charge is 2.26. The normalized spacial score (nSPS) is 13.9. The van der Waals surface area contributed by atoms with Gasteiger partial charge in [0.2, 0.25) is 5.91 Å². The molecule has 0 heterocycles. The van der Waals surface area contributed by atoms with E-state index in [1.165, 1.54) is 44.9 Å². The van der Waals surface area contributed by atoms with Crippen molar-refractivity contribution in [2.45, 2.75) is 189 Å². The van der Waals surface area contributed by atoms with Crippen molar-refractivity contribution in [1.29, 1.82) is 0 Å². The summed E-state index contributed by atoms with van der Waals surface area (Å²) >= 11 is 0. The summed E-state index contributed by atoms with van der Waals surface area (Å²) in [7, 11) is -4.43. The van der Waals surface area contributed by atoms with Gasteiger partial charge in [0.25, 0.3) is 0 Å². The number of phosphoric acid groups is 1. The Labute approximate surface area is 317 Å². The molecule has 0 aromatic carbocycles. The highest BCUT2D eigenvalue weighted by atomic mass is 31.2. The van der Waals surface area contributed by atoms with Gasteiger partial charge in [-0.15, -0.1) is 0 Å². The largest absolute Gasteiger partial charge is 0.472 e. The average Bonchev–Trinajstić information content (AvgIpc) is 3.06. The number of carbonyl (C=O) groups excluding carboxylic acids is 3. The molecule has 0 saturated heterocycles. The molecular weight excluding hydrogens is 683 g/mol. The lowest BCUT2D eigenvalue weighted by Crippen LogP contribution is -2.37. The summed E-state index contributed by atoms with van der Waals surface area (Å²) in [6.07, 6.45) is 22.3. The molecule has 0 fully saturated rings. The van der Waals surface area contributed by atoms with Crippen LogP contribution in [0.1, 0.15) is 177 Å². The molecule has 11 nitrogen and oxygen atoms in total. The van der Waals surface area contributed by atoms with Crippen LogP contribution in [0.25, 0.3) is 0 Å². The van der Waals surface area contributed by atoms with Crippen LogP contribution in [0.3, 0.4) is 0 Å². The number of hydrogen-bond acceptors (Lipinski definition) is 9. The van der Waals surface area contributed by atoms with Gasteiger partial charge in [-0.2, -0.15) is 0 Å². The van der Waals surface area contributed by atoms with E-state index in [4.69, 9.17) is 18.5 Å². The lowest BCUT2D eigenvalue weighted by Gasteiger charge is -2.22. The number of esters is 2. The van der Waals surface area contributed by atoms with Gasteiger partial charge >= 0.3 is 19.8 Å². The molecule has 0 bridgehead atoms. The molecule has 0 saturated carbocycles. The summed E-state index contributed by atoms with van der Waals surface area (Å²) in [5.74, 6) is -0.918. The van der Waals surface area contributed by atoms with Crippen molar-refractivity contribution in [3.8, 4) is 0 Å². The summed E-state index contributed by atoms with van der Waals surface area (Å²) < 4.78 is 33.5. The molecule has 306 valence electrons. The summed E-state index contributed by atoms with van der Waals surface area (Å²) in [6.45, 7) is 14.5. The van der Waals surface area contributed by atoms with E-state index in [1.807, 2.05) is 20.8 Å². The second kappa shape index (κ2) is 30.5. The fourth-order valence-corrected chi connectivity index (χ4v) is 5.89. The minimum Gasteiger partial charge on any atom is -0.462 e. The van der Waals surface area contributed by atoms with Crippen molar-refractivity contribution in [3.05, 3.63) is 12.2 Å². The number of nitrogens with one attached hydrogen (secondary N) is 2. The van der Waals surface area contributed by atoms with Crippen LogP contribution in [-0.4, -0.2) is 67.3 Å². The Bertz CT molecular complexity index is 1010. The molecule has 0 aromatic heterocycles. The zero-order valence-corrected chi connectivity index (χ0v) is 35.0. The van der Waals surface area contributed by atoms with Crippen molar-refractivity contribution < 1.29 is 42.4 Å². The van der Waals surface area contributed by atoms with Gasteiger partial charge < -0.3 is 25.0 Å². The van der Waals surface area contributed by atoms with Gasteiger partial charge in [0.15, 0.2) is 6.10 Å². The molecule has 3 N–H and O–H groups in total. The lowest BCUT2D eigenvalue weighted by atomic mass is 9.90. The van der Waals surface area contributed by atoms with Crippen LogP contribution in [0.5, 0.6) is 0 Å². The first-order valence-corrected chi connectivity index (χ1v) is 21.7. The number of allylic oxidation sites excluding steroid dienone is 2. The van der Waals surface area contributed by atoms with E-state index >= 15 is 0 Å². The summed E-state index contributed by atoms with van der Waals surface area (Å²) in [6, 6.07) is 0. The molecule has 0 aliphatic carbocycles. The second-order valence-electron chi connectivity index (χ2n) is 16.1. The van der Waals surface area contributed by atoms with E-state index < -0.39 is 32.5 Å². The summed E-state index contributed by atoms with van der Waals surface area (Å²) in [5.41, 5.74) is -0.0790. The number of amides is 1. The Kier molecular flexibility index (Phi) is 29.5. The van der Waals surface area contributed by atoms with Gasteiger partial charge in [0, 0.05) is 37.9 Å². The molecule has 2 atom stereocenters. The number of ether oxygens (including phenoxy) is 2. The number of hydrogen-bond donors (Lipinski definition) is 3. The number of rotatable bonds is 33. The number of phosphoric ester groups is 1. The van der Waals surface area contributed by atoms with Gasteiger partial charge in [-0.3, -0.25) is 23.4 Å². The maximum absolute atomic E-state index is 12.6. The molecular formula is C40H77N2O9P. The predicted octanol–water partition coefficient (Wildman–Crippen LogP) is 9.50. The number of carbonyl (C=O) groups is 3. The SMILES string of the molecule is CCCCCCCC/C=C/CCCCCCCC(=O)OCC(COP(=O)(O)OCCNC(C)(C)C)OC(=O)CCCCCNC(=O)CCC(C)(C)C. The molecule has 0 rings (SSSR count). The van der Waals surface area contributed by atoms with Crippen molar-refractivity contribution in [2.75, 3.05) is 32.9 Å². The predicted molar refractivity (Wildman–Crippen MR) is 210 cm³/mol. The van der Waals surface area contributed by atoms with Crippen LogP contribution in [0.4, 0.5) is 0 Å². The molecule has 0 aliphatic rings. The maximum Gasteiger partial charge on any atom is 0.472 e. The molecule has 12 heteroatoms. The Balaban J connectivity index is 4.51. The highest BCUT2D eigenvalue weighted by Crippen LogP contribution is 2.43. The van der Waals surface area contributed by atoms with Gasteiger partial charge in [-0.05, 0) is 77.6 Å². The van der Waals surface area contributed by atoms with Crippen LogP contribution in [-0.2, 0) is 37.5 Å². The Morgan fingerprint density at radius 1 is 0.692 bits per heavy atom. The minimum atomic E-state index is -4.43. The molecule has 0 spiro atoms. The van der Waals surface area contributed by atoms with Crippen molar-refractivity contribution in [2.24, 2.45) is 5.41 Å². The monoisotopic (exact) mass is 761 g/mol.